The summed E-state index contributed by atoms with van der Waals surface area (Å²) >= 11 is 0. The molecule has 4 heterocycles. The molecule has 1 fully saturated rings. The average Bonchev–Trinajstić information content (AvgIpc) is 3.37. The van der Waals surface area contributed by atoms with Crippen LogP contribution in [0.4, 0.5) is 27.8 Å². The van der Waals surface area contributed by atoms with Crippen molar-refractivity contribution >= 4 is 28.3 Å². The van der Waals surface area contributed by atoms with E-state index in [4.69, 9.17) is 10.5 Å². The van der Waals surface area contributed by atoms with Crippen LogP contribution in [0.1, 0.15) is 51.8 Å². The van der Waals surface area contributed by atoms with Gasteiger partial charge in [-0.2, -0.15) is 22.0 Å². The minimum Gasteiger partial charge on any atom is -0.382 e. The summed E-state index contributed by atoms with van der Waals surface area (Å²) in [5.41, 5.74) is 8.19. The summed E-state index contributed by atoms with van der Waals surface area (Å²) < 4.78 is 73.5. The van der Waals surface area contributed by atoms with Crippen molar-refractivity contribution in [3.63, 3.8) is 0 Å². The third kappa shape index (κ3) is 4.43. The maximum atomic E-state index is 14.2. The number of aromatic nitrogens is 4. The molecule has 3 aromatic heterocycles. The first-order valence-corrected chi connectivity index (χ1v) is 12.5. The first-order valence-electron chi connectivity index (χ1n) is 12.5. The van der Waals surface area contributed by atoms with Gasteiger partial charge in [0.15, 0.2) is 0 Å². The molecule has 1 saturated carbocycles. The van der Waals surface area contributed by atoms with Crippen LogP contribution >= 0.6 is 0 Å². The van der Waals surface area contributed by atoms with E-state index in [1.54, 1.807) is 36.0 Å². The van der Waals surface area contributed by atoms with Crippen molar-refractivity contribution in [3.05, 3.63) is 76.5 Å². The molecule has 0 spiro atoms. The quantitative estimate of drug-likeness (QED) is 0.334. The Kier molecular flexibility index (Phi) is 6.21. The second-order valence-corrected chi connectivity index (χ2v) is 10.2. The Morgan fingerprint density at radius 3 is 2.67 bits per heavy atom. The Morgan fingerprint density at radius 2 is 1.95 bits per heavy atom. The first kappa shape index (κ1) is 26.1. The number of rotatable bonds is 4. The minimum atomic E-state index is -4.64. The number of ether oxygens (including phenoxy) is 1. The molecule has 0 radical (unpaired) electrons. The second-order valence-electron chi connectivity index (χ2n) is 10.2. The summed E-state index contributed by atoms with van der Waals surface area (Å²) in [5.74, 6) is -0.375. The van der Waals surface area contributed by atoms with Crippen LogP contribution in [0, 0.1) is 12.8 Å². The normalized spacial score (nSPS) is 19.0. The van der Waals surface area contributed by atoms with Gasteiger partial charge in [-0.15, -0.1) is 0 Å². The van der Waals surface area contributed by atoms with Crippen LogP contribution < -0.4 is 5.73 Å². The lowest BCUT2D eigenvalue weighted by atomic mass is 9.80. The van der Waals surface area contributed by atoms with Crippen LogP contribution in [-0.2, 0) is 17.5 Å². The van der Waals surface area contributed by atoms with E-state index in [-0.39, 0.29) is 55.6 Å². The largest absolute Gasteiger partial charge is 0.433 e. The van der Waals surface area contributed by atoms with Crippen molar-refractivity contribution in [2.75, 3.05) is 18.9 Å². The van der Waals surface area contributed by atoms with Gasteiger partial charge in [0, 0.05) is 17.7 Å². The lowest BCUT2D eigenvalue weighted by Gasteiger charge is -2.40. The fraction of sp³-hybridized carbons (Fsp3) is 0.333. The fourth-order valence-electron chi connectivity index (χ4n) is 5.47. The highest BCUT2D eigenvalue weighted by atomic mass is 19.4. The van der Waals surface area contributed by atoms with Crippen molar-refractivity contribution in [3.8, 4) is 0 Å². The number of amides is 1. The highest BCUT2D eigenvalue weighted by Gasteiger charge is 2.39. The summed E-state index contributed by atoms with van der Waals surface area (Å²) in [6, 6.07) is 4.84. The molecule has 1 aliphatic heterocycles. The molecule has 2 aliphatic rings. The van der Waals surface area contributed by atoms with Gasteiger partial charge < -0.3 is 15.4 Å². The number of alkyl halides is 3. The summed E-state index contributed by atoms with van der Waals surface area (Å²) in [7, 11) is 0. The van der Waals surface area contributed by atoms with Crippen molar-refractivity contribution in [2.45, 2.75) is 38.6 Å². The molecule has 13 heteroatoms. The number of carbonyl (C=O) groups excluding carboxylic acids is 1. The second kappa shape index (κ2) is 9.51. The lowest BCUT2D eigenvalue weighted by Crippen LogP contribution is -2.44. The Hall–Kier alpha value is -4.13. The SMILES string of the molecule is Cc1cc2nc(N)c3cncn3c2cc1C(=O)N(CC1CC(=C(F)F)C1)C1COCc2nc(C(F)(F)F)ccc21. The molecule has 0 saturated heterocycles. The summed E-state index contributed by atoms with van der Waals surface area (Å²) in [6.07, 6.45) is -2.98. The van der Waals surface area contributed by atoms with Gasteiger partial charge >= 0.3 is 6.18 Å². The number of imidazole rings is 1. The van der Waals surface area contributed by atoms with Crippen molar-refractivity contribution in [2.24, 2.45) is 5.92 Å². The molecule has 4 aromatic rings. The number of halogens is 5. The fourth-order valence-corrected chi connectivity index (χ4v) is 5.47. The standard InChI is InChI=1S/C27H23F5N6O2/c1-13-4-18-20(38-12-34-8-21(38)25(33)36-18)7-17(13)26(39)37(9-14-5-15(6-14)24(28)29)22-11-40-10-19-16(22)2-3-23(35-19)27(30,31)32/h2-4,7-8,12,14,22H,5-6,9-11H2,1H3,(H2,33,36). The average molecular weight is 559 g/mol. The molecule has 208 valence electrons. The van der Waals surface area contributed by atoms with E-state index in [9.17, 15) is 26.7 Å². The van der Waals surface area contributed by atoms with Gasteiger partial charge in [-0.3, -0.25) is 9.20 Å². The minimum absolute atomic E-state index is 0.0230. The highest BCUT2D eigenvalue weighted by molar-refractivity contribution is 6.00. The molecular weight excluding hydrogens is 535 g/mol. The predicted molar refractivity (Wildman–Crippen MR) is 134 cm³/mol. The molecular formula is C27H23F5N6O2. The number of allylic oxidation sites excluding steroid dienone is 1. The number of anilines is 1. The highest BCUT2D eigenvalue weighted by Crippen LogP contribution is 2.40. The van der Waals surface area contributed by atoms with Gasteiger partial charge in [0.2, 0.25) is 0 Å². The van der Waals surface area contributed by atoms with Crippen molar-refractivity contribution < 1.29 is 31.5 Å². The van der Waals surface area contributed by atoms with Crippen molar-refractivity contribution in [1.82, 2.24) is 24.3 Å². The number of nitrogens with zero attached hydrogens (tertiary/aromatic N) is 5. The monoisotopic (exact) mass is 558 g/mol. The number of benzene rings is 1. The Balaban J connectivity index is 1.43. The maximum absolute atomic E-state index is 14.2. The molecule has 1 atom stereocenters. The van der Waals surface area contributed by atoms with E-state index in [2.05, 4.69) is 15.0 Å². The molecule has 1 amide bonds. The lowest BCUT2D eigenvalue weighted by molar-refractivity contribution is -0.141. The zero-order chi connectivity index (χ0) is 28.3. The topological polar surface area (TPSA) is 98.6 Å². The summed E-state index contributed by atoms with van der Waals surface area (Å²) in [5, 5.41) is 0. The Morgan fingerprint density at radius 1 is 1.18 bits per heavy atom. The van der Waals surface area contributed by atoms with E-state index in [1.807, 2.05) is 0 Å². The van der Waals surface area contributed by atoms with Crippen LogP contribution in [0.15, 0.2) is 48.4 Å². The van der Waals surface area contributed by atoms with Crippen LogP contribution in [0.3, 0.4) is 0 Å². The van der Waals surface area contributed by atoms with Gasteiger partial charge in [0.1, 0.15) is 17.0 Å². The maximum Gasteiger partial charge on any atom is 0.433 e. The Bertz CT molecular complexity index is 1690. The molecule has 40 heavy (non-hydrogen) atoms. The number of carbonyl (C=O) groups is 1. The van der Waals surface area contributed by atoms with Crippen LogP contribution in [0.2, 0.25) is 0 Å². The number of nitrogens with two attached hydrogens (primary N) is 1. The van der Waals surface area contributed by atoms with Crippen LogP contribution in [0.25, 0.3) is 16.6 Å². The van der Waals surface area contributed by atoms with Gasteiger partial charge in [-0.1, -0.05) is 6.07 Å². The van der Waals surface area contributed by atoms with E-state index in [0.29, 0.717) is 33.2 Å². The summed E-state index contributed by atoms with van der Waals surface area (Å²) in [4.78, 5) is 28.0. The number of hydrogen-bond donors (Lipinski definition) is 1. The smallest absolute Gasteiger partial charge is 0.382 e. The number of aryl methyl sites for hydroxylation is 1. The molecule has 0 bridgehead atoms. The van der Waals surface area contributed by atoms with Gasteiger partial charge in [-0.25, -0.2) is 15.0 Å². The third-order valence-corrected chi connectivity index (χ3v) is 7.56. The van der Waals surface area contributed by atoms with E-state index < -0.39 is 29.9 Å². The molecule has 8 nitrogen and oxygen atoms in total. The number of pyridine rings is 1. The molecule has 6 rings (SSSR count). The number of fused-ring (bicyclic) bond motifs is 4. The molecule has 1 unspecified atom stereocenters. The van der Waals surface area contributed by atoms with Crippen LogP contribution in [0.5, 0.6) is 0 Å². The number of nitrogen functional groups attached to an aromatic ring is 1. The van der Waals surface area contributed by atoms with E-state index in [0.717, 1.165) is 6.07 Å². The number of hydrogen-bond acceptors (Lipinski definition) is 6. The third-order valence-electron chi connectivity index (χ3n) is 7.56. The Labute approximate surface area is 224 Å². The zero-order valence-corrected chi connectivity index (χ0v) is 21.2. The predicted octanol–water partition coefficient (Wildman–Crippen LogP) is 5.46. The molecule has 1 aromatic carbocycles. The van der Waals surface area contributed by atoms with Gasteiger partial charge in [-0.05, 0) is 55.0 Å². The van der Waals surface area contributed by atoms with Gasteiger partial charge in [0.05, 0.1) is 48.5 Å². The van der Waals surface area contributed by atoms with Gasteiger partial charge in [0.25, 0.3) is 12.0 Å². The first-order chi connectivity index (χ1) is 19.0. The summed E-state index contributed by atoms with van der Waals surface area (Å²) in [6.45, 7) is 1.74. The van der Waals surface area contributed by atoms with E-state index >= 15 is 0 Å². The molecule has 1 aliphatic carbocycles. The van der Waals surface area contributed by atoms with Crippen LogP contribution in [-0.4, -0.2) is 43.3 Å². The zero-order valence-electron chi connectivity index (χ0n) is 21.2. The van der Waals surface area contributed by atoms with Crippen molar-refractivity contribution in [1.29, 1.82) is 0 Å². The van der Waals surface area contributed by atoms with E-state index in [1.165, 1.54) is 11.0 Å². The molecule has 2 N–H and O–H groups in total.